The predicted octanol–water partition coefficient (Wildman–Crippen LogP) is 1.09. The number of rotatable bonds is 2. The van der Waals surface area contributed by atoms with Gasteiger partial charge in [-0.15, -0.1) is 0 Å². The van der Waals surface area contributed by atoms with E-state index in [0.717, 1.165) is 48.0 Å². The highest BCUT2D eigenvalue weighted by molar-refractivity contribution is 7.99. The number of thioether (sulfide) groups is 1. The van der Waals surface area contributed by atoms with Crippen LogP contribution in [0.1, 0.15) is 16.1 Å². The average Bonchev–Trinajstić information content (AvgIpc) is 2.54. The summed E-state index contributed by atoms with van der Waals surface area (Å²) in [6.45, 7) is 3.89. The number of anilines is 1. The molecule has 0 amide bonds. The SMILES string of the molecule is Cc1nn(C)c(N2CCSCC2)c1C=O. The lowest BCUT2D eigenvalue weighted by atomic mass is 10.2. The van der Waals surface area contributed by atoms with Gasteiger partial charge in [0.25, 0.3) is 0 Å². The number of aldehydes is 1. The molecule has 1 aromatic rings. The molecule has 1 fully saturated rings. The Morgan fingerprint density at radius 1 is 1.40 bits per heavy atom. The molecule has 1 aliphatic rings. The van der Waals surface area contributed by atoms with Crippen LogP contribution in [-0.2, 0) is 7.05 Å². The summed E-state index contributed by atoms with van der Waals surface area (Å²) >= 11 is 1.96. The van der Waals surface area contributed by atoms with Crippen molar-refractivity contribution < 1.29 is 4.79 Å². The third-order valence-corrected chi connectivity index (χ3v) is 3.61. The molecule has 2 rings (SSSR count). The normalized spacial score (nSPS) is 16.8. The number of hydrogen-bond acceptors (Lipinski definition) is 4. The van der Waals surface area contributed by atoms with Crippen molar-refractivity contribution in [2.24, 2.45) is 7.05 Å². The summed E-state index contributed by atoms with van der Waals surface area (Å²) in [6.07, 6.45) is 0.916. The maximum atomic E-state index is 11.0. The average molecular weight is 225 g/mol. The van der Waals surface area contributed by atoms with E-state index >= 15 is 0 Å². The zero-order valence-corrected chi connectivity index (χ0v) is 9.88. The second-order valence-electron chi connectivity index (χ2n) is 3.66. The largest absolute Gasteiger partial charge is 0.355 e. The molecule has 0 spiro atoms. The molecule has 0 bridgehead atoms. The number of nitrogens with zero attached hydrogens (tertiary/aromatic N) is 3. The van der Waals surface area contributed by atoms with Crippen molar-refractivity contribution in [1.82, 2.24) is 9.78 Å². The van der Waals surface area contributed by atoms with E-state index in [1.807, 2.05) is 30.4 Å². The Morgan fingerprint density at radius 3 is 2.67 bits per heavy atom. The van der Waals surface area contributed by atoms with Crippen LogP contribution in [0.25, 0.3) is 0 Å². The van der Waals surface area contributed by atoms with E-state index in [0.29, 0.717) is 0 Å². The Kier molecular flexibility index (Phi) is 3.00. The van der Waals surface area contributed by atoms with Gasteiger partial charge in [-0.05, 0) is 6.92 Å². The maximum Gasteiger partial charge on any atom is 0.155 e. The first-order valence-corrected chi connectivity index (χ1v) is 6.21. The third kappa shape index (κ3) is 1.88. The van der Waals surface area contributed by atoms with Gasteiger partial charge in [0.05, 0.1) is 11.3 Å². The van der Waals surface area contributed by atoms with Gasteiger partial charge < -0.3 is 4.90 Å². The highest BCUT2D eigenvalue weighted by Gasteiger charge is 2.20. The molecular formula is C10H15N3OS. The summed E-state index contributed by atoms with van der Waals surface area (Å²) in [4.78, 5) is 13.3. The first-order chi connectivity index (χ1) is 7.24. The smallest absolute Gasteiger partial charge is 0.155 e. The first-order valence-electron chi connectivity index (χ1n) is 5.05. The van der Waals surface area contributed by atoms with E-state index in [9.17, 15) is 4.79 Å². The lowest BCUT2D eigenvalue weighted by Crippen LogP contribution is -2.34. The Balaban J connectivity index is 2.36. The molecule has 5 heteroatoms. The van der Waals surface area contributed by atoms with E-state index in [-0.39, 0.29) is 0 Å². The second-order valence-corrected chi connectivity index (χ2v) is 4.89. The van der Waals surface area contributed by atoms with Crippen LogP contribution in [0.5, 0.6) is 0 Å². The van der Waals surface area contributed by atoms with Gasteiger partial charge in [0.2, 0.25) is 0 Å². The van der Waals surface area contributed by atoms with E-state index in [1.54, 1.807) is 0 Å². The third-order valence-electron chi connectivity index (χ3n) is 2.67. The number of carbonyl (C=O) groups is 1. The van der Waals surface area contributed by atoms with Crippen LogP contribution in [0.3, 0.4) is 0 Å². The van der Waals surface area contributed by atoms with Crippen molar-refractivity contribution in [3.63, 3.8) is 0 Å². The molecule has 4 nitrogen and oxygen atoms in total. The van der Waals surface area contributed by atoms with Crippen LogP contribution < -0.4 is 4.90 Å². The molecule has 0 atom stereocenters. The van der Waals surface area contributed by atoms with Gasteiger partial charge in [-0.2, -0.15) is 16.9 Å². The highest BCUT2D eigenvalue weighted by Crippen LogP contribution is 2.24. The first kappa shape index (κ1) is 10.5. The van der Waals surface area contributed by atoms with E-state index in [4.69, 9.17) is 0 Å². The lowest BCUT2D eigenvalue weighted by molar-refractivity contribution is 0.112. The second kappa shape index (κ2) is 4.26. The minimum atomic E-state index is 0.740. The van der Waals surface area contributed by atoms with Crippen LogP contribution in [-0.4, -0.2) is 40.7 Å². The summed E-state index contributed by atoms with van der Waals surface area (Å²) in [7, 11) is 1.90. The fraction of sp³-hybridized carbons (Fsp3) is 0.600. The molecule has 82 valence electrons. The summed E-state index contributed by atoms with van der Waals surface area (Å²) in [5.74, 6) is 3.23. The quantitative estimate of drug-likeness (QED) is 0.706. The maximum absolute atomic E-state index is 11.0. The van der Waals surface area contributed by atoms with Crippen molar-refractivity contribution in [3.05, 3.63) is 11.3 Å². The number of hydrogen-bond donors (Lipinski definition) is 0. The van der Waals surface area contributed by atoms with Crippen LogP contribution in [0.4, 0.5) is 5.82 Å². The van der Waals surface area contributed by atoms with Crippen molar-refractivity contribution in [3.8, 4) is 0 Å². The number of aryl methyl sites for hydroxylation is 2. The van der Waals surface area contributed by atoms with Gasteiger partial charge in [-0.1, -0.05) is 0 Å². The molecule has 0 saturated carbocycles. The van der Waals surface area contributed by atoms with Crippen LogP contribution in [0, 0.1) is 6.92 Å². The van der Waals surface area contributed by atoms with Crippen molar-refractivity contribution >= 4 is 23.9 Å². The van der Waals surface area contributed by atoms with Crippen LogP contribution >= 0.6 is 11.8 Å². The van der Waals surface area contributed by atoms with Crippen LogP contribution in [0.2, 0.25) is 0 Å². The van der Waals surface area contributed by atoms with Gasteiger partial charge in [0, 0.05) is 31.6 Å². The molecule has 0 radical (unpaired) electrons. The molecule has 15 heavy (non-hydrogen) atoms. The number of aromatic nitrogens is 2. The fourth-order valence-electron chi connectivity index (χ4n) is 1.95. The van der Waals surface area contributed by atoms with Crippen molar-refractivity contribution in [2.45, 2.75) is 6.92 Å². The Bertz CT molecular complexity index is 369. The van der Waals surface area contributed by atoms with Gasteiger partial charge >= 0.3 is 0 Å². The molecule has 1 aromatic heterocycles. The summed E-state index contributed by atoms with van der Waals surface area (Å²) < 4.78 is 1.81. The zero-order valence-electron chi connectivity index (χ0n) is 9.06. The Morgan fingerprint density at radius 2 is 2.07 bits per heavy atom. The molecule has 2 heterocycles. The van der Waals surface area contributed by atoms with Crippen LogP contribution in [0.15, 0.2) is 0 Å². The monoisotopic (exact) mass is 225 g/mol. The van der Waals surface area contributed by atoms with E-state index in [2.05, 4.69) is 10.00 Å². The summed E-state index contributed by atoms with van der Waals surface area (Å²) in [6, 6.07) is 0. The molecule has 0 N–H and O–H groups in total. The predicted molar refractivity (Wildman–Crippen MR) is 62.9 cm³/mol. The topological polar surface area (TPSA) is 38.1 Å². The van der Waals surface area contributed by atoms with Crippen molar-refractivity contribution in [1.29, 1.82) is 0 Å². The fourth-order valence-corrected chi connectivity index (χ4v) is 2.85. The van der Waals surface area contributed by atoms with Gasteiger partial charge in [0.15, 0.2) is 6.29 Å². The summed E-state index contributed by atoms with van der Waals surface area (Å²) in [5, 5.41) is 4.29. The van der Waals surface area contributed by atoms with Gasteiger partial charge in [-0.25, -0.2) is 0 Å². The minimum absolute atomic E-state index is 0.740. The highest BCUT2D eigenvalue weighted by atomic mass is 32.2. The minimum Gasteiger partial charge on any atom is -0.355 e. The molecule has 0 unspecified atom stereocenters. The standard InChI is InChI=1S/C10H15N3OS/c1-8-9(7-14)10(12(2)11-8)13-3-5-15-6-4-13/h7H,3-6H2,1-2H3. The summed E-state index contributed by atoms with van der Waals surface area (Å²) in [5.41, 5.74) is 1.56. The Labute approximate surface area is 93.6 Å². The Hall–Kier alpha value is -0.970. The number of carbonyl (C=O) groups excluding carboxylic acids is 1. The van der Waals surface area contributed by atoms with E-state index < -0.39 is 0 Å². The molecule has 1 aliphatic heterocycles. The van der Waals surface area contributed by atoms with Gasteiger partial charge in [-0.3, -0.25) is 9.48 Å². The van der Waals surface area contributed by atoms with Crippen molar-refractivity contribution in [2.75, 3.05) is 29.5 Å². The van der Waals surface area contributed by atoms with Gasteiger partial charge in [0.1, 0.15) is 5.82 Å². The zero-order chi connectivity index (χ0) is 10.8. The molecule has 0 aliphatic carbocycles. The van der Waals surface area contributed by atoms with E-state index in [1.165, 1.54) is 0 Å². The molecule has 0 aromatic carbocycles. The molecule has 1 saturated heterocycles. The lowest BCUT2D eigenvalue weighted by Gasteiger charge is -2.28. The molecular weight excluding hydrogens is 210 g/mol.